The molecule has 0 aromatic heterocycles. The van der Waals surface area contributed by atoms with Gasteiger partial charge in [0.25, 0.3) is 5.54 Å². The maximum Gasteiger partial charge on any atom is 0.347 e. The molecular weight excluding hydrogens is 648 g/mol. The van der Waals surface area contributed by atoms with Crippen molar-refractivity contribution < 1.29 is 53.2 Å². The van der Waals surface area contributed by atoms with Crippen molar-refractivity contribution in [3.05, 3.63) is 23.3 Å². The third-order valence-corrected chi connectivity index (χ3v) is 9.59. The highest BCUT2D eigenvalue weighted by atomic mass is 16.6. The van der Waals surface area contributed by atoms with Crippen molar-refractivity contribution in [2.24, 2.45) is 50.4 Å². The van der Waals surface area contributed by atoms with Gasteiger partial charge in [0, 0.05) is 0 Å². The maximum atomic E-state index is 14.5. The van der Waals surface area contributed by atoms with Crippen LogP contribution in [0.2, 0.25) is 0 Å². The Morgan fingerprint density at radius 3 is 2.08 bits per heavy atom. The second-order valence-corrected chi connectivity index (χ2v) is 12.4. The molecule has 3 aliphatic carbocycles. The monoisotopic (exact) mass is 684 g/mol. The SMILES string of the molecule is CCOC(=O)C(C)(N=Nc1ccc2c(c1O)C(=O)C1C(=O)[C@]3(C#N)C(=O)C(C(N)=O)C(=O)[C@@H](N(C)C)[C@]3(N)[C@@H](O)[C@]1(N)[C@H]2N)C(=O)OCC. The molecule has 8 atom stereocenters. The summed E-state index contributed by atoms with van der Waals surface area (Å²) in [6.07, 6.45) is -2.43. The quantitative estimate of drug-likeness (QED) is 0.0915. The van der Waals surface area contributed by atoms with Gasteiger partial charge in [-0.05, 0) is 46.5 Å². The normalized spacial score (nSPS) is 32.6. The highest BCUT2D eigenvalue weighted by Crippen LogP contribution is 2.58. The minimum absolute atomic E-state index is 0.137. The molecule has 0 aliphatic heterocycles. The number of likely N-dealkylation sites (N-methyl/N-ethyl adjacent to an activating group) is 1. The van der Waals surface area contributed by atoms with Crippen molar-refractivity contribution in [1.29, 1.82) is 5.26 Å². The summed E-state index contributed by atoms with van der Waals surface area (Å²) in [6.45, 7) is 3.72. The third kappa shape index (κ3) is 4.55. The lowest BCUT2D eigenvalue weighted by Crippen LogP contribution is -2.92. The molecule has 4 rings (SSSR count). The number of hydrogen-bond donors (Lipinski definition) is 6. The van der Waals surface area contributed by atoms with Gasteiger partial charge in [0.2, 0.25) is 5.91 Å². The first kappa shape index (κ1) is 36.8. The number of aliphatic hydroxyl groups is 1. The van der Waals surface area contributed by atoms with Crippen LogP contribution >= 0.6 is 0 Å². The molecular formula is C30H36N8O11. The number of carbonyl (C=O) groups excluding carboxylic acids is 7. The van der Waals surface area contributed by atoms with Crippen LogP contribution in [-0.4, -0.2) is 112 Å². The van der Waals surface area contributed by atoms with E-state index in [0.29, 0.717) is 0 Å². The Morgan fingerprint density at radius 1 is 1.06 bits per heavy atom. The summed E-state index contributed by atoms with van der Waals surface area (Å²) in [7, 11) is 2.54. The number of aromatic hydroxyl groups is 1. The Morgan fingerprint density at radius 2 is 1.61 bits per heavy atom. The number of carbonyl (C=O) groups is 7. The highest BCUT2D eigenvalue weighted by Gasteiger charge is 2.83. The number of rotatable bonds is 8. The Hall–Kier alpha value is -5.00. The molecule has 19 nitrogen and oxygen atoms in total. The van der Waals surface area contributed by atoms with Gasteiger partial charge >= 0.3 is 11.9 Å². The van der Waals surface area contributed by atoms with Crippen LogP contribution < -0.4 is 22.9 Å². The van der Waals surface area contributed by atoms with Crippen molar-refractivity contribution in [1.82, 2.24) is 4.90 Å². The molecule has 0 spiro atoms. The third-order valence-electron chi connectivity index (χ3n) is 9.59. The summed E-state index contributed by atoms with van der Waals surface area (Å²) in [6, 6.07) is 0.0678. The summed E-state index contributed by atoms with van der Waals surface area (Å²) in [4.78, 5) is 95.0. The van der Waals surface area contributed by atoms with Crippen LogP contribution in [0, 0.1) is 28.6 Å². The molecule has 262 valence electrons. The molecule has 0 bridgehead atoms. The van der Waals surface area contributed by atoms with Crippen molar-refractivity contribution in [3.63, 3.8) is 0 Å². The lowest BCUT2D eigenvalue weighted by Gasteiger charge is -2.64. The number of phenols is 1. The van der Waals surface area contributed by atoms with Gasteiger partial charge in [-0.15, -0.1) is 0 Å². The van der Waals surface area contributed by atoms with Gasteiger partial charge in [-0.1, -0.05) is 6.07 Å². The number of nitrogens with two attached hydrogens (primary N) is 4. The molecule has 1 amide bonds. The van der Waals surface area contributed by atoms with Crippen LogP contribution in [0.25, 0.3) is 0 Å². The number of amides is 1. The fraction of sp³-hybridized carbons (Fsp3) is 0.533. The topological polar surface area (TPSA) is 334 Å². The van der Waals surface area contributed by atoms with E-state index in [1.807, 2.05) is 0 Å². The Kier molecular flexibility index (Phi) is 9.14. The minimum atomic E-state index is -3.25. The summed E-state index contributed by atoms with van der Waals surface area (Å²) < 4.78 is 9.84. The number of phenolic OH excluding ortho intramolecular Hbond substituents is 1. The molecule has 1 aromatic rings. The van der Waals surface area contributed by atoms with Crippen LogP contribution in [0.3, 0.4) is 0 Å². The van der Waals surface area contributed by atoms with Gasteiger partial charge in [-0.2, -0.15) is 15.5 Å². The number of nitrogens with zero attached hydrogens (tertiary/aromatic N) is 4. The van der Waals surface area contributed by atoms with Gasteiger partial charge in [-0.3, -0.25) is 28.9 Å². The molecule has 1 aromatic carbocycles. The largest absolute Gasteiger partial charge is 0.505 e. The number of esters is 2. The van der Waals surface area contributed by atoms with E-state index in [9.17, 15) is 49.0 Å². The number of hydrogen-bond acceptors (Lipinski definition) is 18. The van der Waals surface area contributed by atoms with E-state index in [2.05, 4.69) is 10.2 Å². The van der Waals surface area contributed by atoms with Crippen molar-refractivity contribution in [2.45, 2.75) is 55.6 Å². The first-order chi connectivity index (χ1) is 22.7. The van der Waals surface area contributed by atoms with Crippen LogP contribution in [0.1, 0.15) is 42.7 Å². The number of ketones is 4. The van der Waals surface area contributed by atoms with Crippen molar-refractivity contribution in [2.75, 3.05) is 27.3 Å². The number of fused-ring (bicyclic) bond motifs is 3. The molecule has 10 N–H and O–H groups in total. The minimum Gasteiger partial charge on any atom is -0.505 e. The molecule has 0 saturated heterocycles. The first-order valence-corrected chi connectivity index (χ1v) is 14.9. The van der Waals surface area contributed by atoms with Gasteiger partial charge in [0.05, 0.1) is 54.1 Å². The lowest BCUT2D eigenvalue weighted by molar-refractivity contribution is -0.181. The number of nitriles is 1. The second kappa shape index (κ2) is 12.2. The predicted octanol–water partition coefficient (Wildman–Crippen LogP) is -2.79. The zero-order valence-corrected chi connectivity index (χ0v) is 27.1. The standard InChI is InChI=1S/C30H36N8O11/c1-6-48-25(46)27(3,26(47)49-7-2)37-36-12-9-8-11-13(16(12)39)17(40)15-22(43)28(10-31)21(42)14(23(33)44)18(41)20(38(4)5)30(28,35)24(45)29(15,34)19(11)32/h8-9,14-15,19-20,24,39,45H,6-7,32,34-35H2,1-5H3,(H2,33,44)/t14?,15?,19-,20+,24-,28-,29+,30-/m0/s1. The summed E-state index contributed by atoms with van der Waals surface area (Å²) >= 11 is 0. The molecule has 2 unspecified atom stereocenters. The molecule has 2 saturated carbocycles. The summed E-state index contributed by atoms with van der Waals surface area (Å²) in [5, 5.41) is 41.4. The van der Waals surface area contributed by atoms with Crippen LogP contribution in [0.4, 0.5) is 5.69 Å². The number of aliphatic hydroxyl groups excluding tert-OH is 1. The van der Waals surface area contributed by atoms with Gasteiger partial charge in [0.15, 0.2) is 40.2 Å². The fourth-order valence-electron chi connectivity index (χ4n) is 7.19. The molecule has 19 heteroatoms. The molecule has 2 fully saturated rings. The molecule has 0 heterocycles. The maximum absolute atomic E-state index is 14.5. The van der Waals surface area contributed by atoms with Crippen molar-refractivity contribution >= 4 is 46.7 Å². The Bertz CT molecular complexity index is 1750. The zero-order chi connectivity index (χ0) is 37.2. The number of azo groups is 1. The number of ether oxygens (including phenoxy) is 2. The van der Waals surface area contributed by atoms with E-state index in [-0.39, 0.29) is 18.8 Å². The highest BCUT2D eigenvalue weighted by molar-refractivity contribution is 6.33. The van der Waals surface area contributed by atoms with E-state index in [1.165, 1.54) is 34.0 Å². The van der Waals surface area contributed by atoms with E-state index < -0.39 is 110 Å². The van der Waals surface area contributed by atoms with Gasteiger partial charge in [-0.25, -0.2) is 9.59 Å². The molecule has 49 heavy (non-hydrogen) atoms. The van der Waals surface area contributed by atoms with Crippen LogP contribution in [0.5, 0.6) is 5.75 Å². The molecule has 0 radical (unpaired) electrons. The van der Waals surface area contributed by atoms with Gasteiger partial charge < -0.3 is 42.6 Å². The number of primary amides is 1. The zero-order valence-electron chi connectivity index (χ0n) is 27.1. The lowest BCUT2D eigenvalue weighted by atomic mass is 9.41. The average molecular weight is 685 g/mol. The Balaban J connectivity index is 1.97. The van der Waals surface area contributed by atoms with E-state index >= 15 is 0 Å². The van der Waals surface area contributed by atoms with Gasteiger partial charge in [0.1, 0.15) is 11.6 Å². The fourth-order valence-corrected chi connectivity index (χ4v) is 7.19. The van der Waals surface area contributed by atoms with E-state index in [4.69, 9.17) is 32.4 Å². The van der Waals surface area contributed by atoms with Crippen LogP contribution in [-0.2, 0) is 38.2 Å². The number of benzene rings is 1. The molecule has 3 aliphatic rings. The average Bonchev–Trinajstić information content (AvgIpc) is 3.02. The first-order valence-electron chi connectivity index (χ1n) is 14.9. The summed E-state index contributed by atoms with van der Waals surface area (Å²) in [5.74, 6) is -15.3. The van der Waals surface area contributed by atoms with Crippen molar-refractivity contribution in [3.8, 4) is 11.8 Å². The smallest absolute Gasteiger partial charge is 0.347 e. The second-order valence-electron chi connectivity index (χ2n) is 12.4. The van der Waals surface area contributed by atoms with Crippen LogP contribution in [0.15, 0.2) is 22.4 Å². The summed E-state index contributed by atoms with van der Waals surface area (Å²) in [5.41, 5.74) is 12.7. The van der Waals surface area contributed by atoms with E-state index in [1.54, 1.807) is 0 Å². The number of Topliss-reactive ketones (excluding diaryl/α,β-unsaturated/α-hetero) is 4. The Labute approximate surface area is 278 Å². The predicted molar refractivity (Wildman–Crippen MR) is 162 cm³/mol. The van der Waals surface area contributed by atoms with E-state index in [0.717, 1.165) is 24.0 Å².